The number of hydrogen-bond donors (Lipinski definition) is 1. The summed E-state index contributed by atoms with van der Waals surface area (Å²) < 4.78 is 5.58. The lowest BCUT2D eigenvalue weighted by Gasteiger charge is -2.20. The summed E-state index contributed by atoms with van der Waals surface area (Å²) in [4.78, 5) is 18.6. The van der Waals surface area contributed by atoms with Crippen LogP contribution in [0.5, 0.6) is 5.75 Å². The topological polar surface area (TPSA) is 51.2 Å². The quantitative estimate of drug-likeness (QED) is 0.264. The molecule has 0 unspecified atom stereocenters. The number of para-hydroxylation sites is 1. The summed E-state index contributed by atoms with van der Waals surface area (Å²) in [7, 11) is 0. The van der Waals surface area contributed by atoms with E-state index in [1.807, 2.05) is 97.9 Å². The van der Waals surface area contributed by atoms with Crippen LogP contribution in [0.25, 0.3) is 22.2 Å². The Morgan fingerprint density at radius 1 is 0.833 bits per heavy atom. The van der Waals surface area contributed by atoms with Gasteiger partial charge >= 0.3 is 0 Å². The molecule has 1 aromatic heterocycles. The van der Waals surface area contributed by atoms with Gasteiger partial charge in [-0.15, -0.1) is 0 Å². The van der Waals surface area contributed by atoms with Crippen molar-refractivity contribution in [3.05, 3.63) is 132 Å². The lowest BCUT2D eigenvalue weighted by atomic mass is 9.97. The van der Waals surface area contributed by atoms with Gasteiger partial charge in [0.15, 0.2) is 0 Å². The summed E-state index contributed by atoms with van der Waals surface area (Å²) in [6.45, 7) is 2.58. The smallest absolute Gasteiger partial charge is 0.252 e. The Balaban J connectivity index is 1.51. The third-order valence-electron chi connectivity index (χ3n) is 6.21. The van der Waals surface area contributed by atoms with Gasteiger partial charge in [0.2, 0.25) is 0 Å². The molecular formula is C32H28N2O2. The molecule has 0 fully saturated rings. The van der Waals surface area contributed by atoms with Gasteiger partial charge in [-0.2, -0.15) is 0 Å². The summed E-state index contributed by atoms with van der Waals surface area (Å²) >= 11 is 0. The largest absolute Gasteiger partial charge is 0.494 e. The molecule has 0 spiro atoms. The molecule has 4 nitrogen and oxygen atoms in total. The highest BCUT2D eigenvalue weighted by Gasteiger charge is 2.19. The van der Waals surface area contributed by atoms with Crippen molar-refractivity contribution in [3.8, 4) is 17.0 Å². The predicted molar refractivity (Wildman–Crippen MR) is 145 cm³/mol. The summed E-state index contributed by atoms with van der Waals surface area (Å²) in [5, 5.41) is 4.14. The molecule has 0 aliphatic rings. The number of rotatable bonds is 8. The Bertz CT molecular complexity index is 1450. The van der Waals surface area contributed by atoms with Gasteiger partial charge < -0.3 is 10.1 Å². The fraction of sp³-hybridized carbons (Fsp3) is 0.125. The number of fused-ring (bicyclic) bond motifs is 1. The van der Waals surface area contributed by atoms with Crippen LogP contribution in [-0.2, 0) is 6.42 Å². The minimum atomic E-state index is -0.165. The summed E-state index contributed by atoms with van der Waals surface area (Å²) in [5.74, 6) is 0.692. The zero-order valence-electron chi connectivity index (χ0n) is 20.2. The Morgan fingerprint density at radius 3 is 2.22 bits per heavy atom. The van der Waals surface area contributed by atoms with E-state index in [0.717, 1.165) is 33.5 Å². The highest BCUT2D eigenvalue weighted by atomic mass is 16.5. The van der Waals surface area contributed by atoms with Gasteiger partial charge in [0.05, 0.1) is 29.4 Å². The van der Waals surface area contributed by atoms with Crippen LogP contribution in [0.2, 0.25) is 0 Å². The van der Waals surface area contributed by atoms with Gasteiger partial charge in [-0.1, -0.05) is 78.9 Å². The van der Waals surface area contributed by atoms with Crippen molar-refractivity contribution in [1.82, 2.24) is 10.3 Å². The minimum absolute atomic E-state index is 0.120. The average Bonchev–Trinajstić information content (AvgIpc) is 2.93. The predicted octanol–water partition coefficient (Wildman–Crippen LogP) is 7.01. The van der Waals surface area contributed by atoms with E-state index < -0.39 is 0 Å². The zero-order chi connectivity index (χ0) is 24.7. The molecule has 4 heteroatoms. The van der Waals surface area contributed by atoms with Crippen LogP contribution >= 0.6 is 0 Å². The molecule has 0 aliphatic heterocycles. The zero-order valence-corrected chi connectivity index (χ0v) is 20.2. The van der Waals surface area contributed by atoms with Crippen molar-refractivity contribution in [3.63, 3.8) is 0 Å². The molecule has 1 heterocycles. The standard InChI is InChI=1S/C32H28N2O2/c1-2-36-26-19-17-25(18-20-26)31-22-28(27-15-9-10-16-29(27)33-31)32(35)34-30(24-13-7-4-8-14-24)21-23-11-5-3-6-12-23/h3-20,22,30H,2,21H2,1H3,(H,34,35)/t30-/m1/s1. The van der Waals surface area contributed by atoms with Crippen molar-refractivity contribution in [2.45, 2.75) is 19.4 Å². The van der Waals surface area contributed by atoms with E-state index in [0.29, 0.717) is 18.6 Å². The van der Waals surface area contributed by atoms with E-state index in [9.17, 15) is 4.79 Å². The van der Waals surface area contributed by atoms with Crippen LogP contribution in [-0.4, -0.2) is 17.5 Å². The SMILES string of the molecule is CCOc1ccc(-c2cc(C(=O)N[C@H](Cc3ccccc3)c3ccccc3)c3ccccc3n2)cc1. The second kappa shape index (κ2) is 10.9. The Kier molecular flexibility index (Phi) is 7.04. The number of pyridine rings is 1. The average molecular weight is 473 g/mol. The van der Waals surface area contributed by atoms with Gasteiger partial charge in [-0.25, -0.2) is 4.98 Å². The van der Waals surface area contributed by atoms with E-state index in [1.54, 1.807) is 0 Å². The van der Waals surface area contributed by atoms with Crippen LogP contribution in [0.3, 0.4) is 0 Å². The van der Waals surface area contributed by atoms with Gasteiger partial charge in [0.25, 0.3) is 5.91 Å². The molecule has 0 bridgehead atoms. The molecular weight excluding hydrogens is 444 g/mol. The first-order chi connectivity index (χ1) is 17.7. The maximum Gasteiger partial charge on any atom is 0.252 e. The van der Waals surface area contributed by atoms with E-state index in [4.69, 9.17) is 9.72 Å². The van der Waals surface area contributed by atoms with E-state index in [-0.39, 0.29) is 11.9 Å². The van der Waals surface area contributed by atoms with Gasteiger partial charge in [-0.05, 0) is 60.9 Å². The maximum atomic E-state index is 13.8. The first-order valence-electron chi connectivity index (χ1n) is 12.2. The molecule has 0 saturated carbocycles. The van der Waals surface area contributed by atoms with Crippen molar-refractivity contribution in [2.24, 2.45) is 0 Å². The third-order valence-corrected chi connectivity index (χ3v) is 6.21. The second-order valence-corrected chi connectivity index (χ2v) is 8.66. The van der Waals surface area contributed by atoms with Gasteiger partial charge in [-0.3, -0.25) is 4.79 Å². The Morgan fingerprint density at radius 2 is 1.50 bits per heavy atom. The molecule has 0 saturated heterocycles. The molecule has 1 atom stereocenters. The molecule has 0 radical (unpaired) electrons. The number of amides is 1. The van der Waals surface area contributed by atoms with E-state index in [2.05, 4.69) is 29.6 Å². The van der Waals surface area contributed by atoms with Crippen molar-refractivity contribution in [1.29, 1.82) is 0 Å². The minimum Gasteiger partial charge on any atom is -0.494 e. The fourth-order valence-corrected chi connectivity index (χ4v) is 4.42. The molecule has 36 heavy (non-hydrogen) atoms. The second-order valence-electron chi connectivity index (χ2n) is 8.66. The fourth-order valence-electron chi connectivity index (χ4n) is 4.42. The maximum absolute atomic E-state index is 13.8. The van der Waals surface area contributed by atoms with Crippen LogP contribution in [0, 0.1) is 0 Å². The van der Waals surface area contributed by atoms with Crippen LogP contribution in [0.15, 0.2) is 115 Å². The molecule has 5 rings (SSSR count). The lowest BCUT2D eigenvalue weighted by molar-refractivity contribution is 0.0938. The number of hydrogen-bond acceptors (Lipinski definition) is 3. The van der Waals surface area contributed by atoms with E-state index in [1.165, 1.54) is 5.56 Å². The van der Waals surface area contributed by atoms with Crippen molar-refractivity contribution in [2.75, 3.05) is 6.61 Å². The highest BCUT2D eigenvalue weighted by Crippen LogP contribution is 2.27. The van der Waals surface area contributed by atoms with Crippen LogP contribution < -0.4 is 10.1 Å². The summed E-state index contributed by atoms with van der Waals surface area (Å²) in [6, 6.07) is 37.7. The number of ether oxygens (including phenoxy) is 1. The molecule has 1 amide bonds. The molecule has 5 aromatic rings. The highest BCUT2D eigenvalue weighted by molar-refractivity contribution is 6.07. The van der Waals surface area contributed by atoms with E-state index >= 15 is 0 Å². The first-order valence-corrected chi connectivity index (χ1v) is 12.2. The molecule has 4 aromatic carbocycles. The Labute approximate surface area is 211 Å². The number of carbonyl (C=O) groups excluding carboxylic acids is 1. The van der Waals surface area contributed by atoms with Crippen molar-refractivity contribution >= 4 is 16.8 Å². The number of nitrogens with one attached hydrogen (secondary N) is 1. The number of carbonyl (C=O) groups is 1. The van der Waals surface area contributed by atoms with Crippen LogP contribution in [0.1, 0.15) is 34.5 Å². The van der Waals surface area contributed by atoms with Crippen LogP contribution in [0.4, 0.5) is 0 Å². The first kappa shape index (κ1) is 23.3. The monoisotopic (exact) mass is 472 g/mol. The third kappa shape index (κ3) is 5.28. The van der Waals surface area contributed by atoms with Crippen molar-refractivity contribution < 1.29 is 9.53 Å². The van der Waals surface area contributed by atoms with Gasteiger partial charge in [0.1, 0.15) is 5.75 Å². The number of benzene rings is 4. The Hall–Kier alpha value is -4.44. The lowest BCUT2D eigenvalue weighted by Crippen LogP contribution is -2.30. The number of nitrogens with zero attached hydrogens (tertiary/aromatic N) is 1. The van der Waals surface area contributed by atoms with Gasteiger partial charge in [0, 0.05) is 10.9 Å². The molecule has 0 aliphatic carbocycles. The summed E-state index contributed by atoms with van der Waals surface area (Å²) in [5.41, 5.74) is 5.32. The molecule has 1 N–H and O–H groups in total. The normalized spacial score (nSPS) is 11.7. The number of aromatic nitrogens is 1. The molecule has 178 valence electrons. The summed E-state index contributed by atoms with van der Waals surface area (Å²) in [6.07, 6.45) is 0.700.